The van der Waals surface area contributed by atoms with E-state index < -0.39 is 195 Å². The highest BCUT2D eigenvalue weighted by molar-refractivity contribution is 7.20. The number of allylic oxidation sites excluding steroid dienone is 1. The molecule has 0 saturated carbocycles. The Kier molecular flexibility index (Phi) is 18.8. The molecule has 5 aromatic carbocycles. The predicted octanol–water partition coefficient (Wildman–Crippen LogP) is 15.4. The molecule has 28 heteroatoms. The number of benzene rings is 5. The van der Waals surface area contributed by atoms with Gasteiger partial charge in [-0.3, -0.25) is 9.78 Å². The number of unbranched alkanes of at least 4 members (excludes halogenated alkanes) is 4. The lowest BCUT2D eigenvalue weighted by atomic mass is 9.12. The van der Waals surface area contributed by atoms with Crippen molar-refractivity contribution in [3.63, 3.8) is 0 Å². The minimum absolute atomic E-state index is 0.111. The first-order chi connectivity index (χ1) is 36.6. The summed E-state index contributed by atoms with van der Waals surface area (Å²) in [5.41, 5.74) is -28.5. The second-order valence-corrected chi connectivity index (χ2v) is 17.9. The van der Waals surface area contributed by atoms with Crippen LogP contribution in [0.25, 0.3) is 6.08 Å². The summed E-state index contributed by atoms with van der Waals surface area (Å²) < 4.78 is 343. The Hall–Kier alpha value is -7.03. The van der Waals surface area contributed by atoms with E-state index in [4.69, 9.17) is 0 Å². The summed E-state index contributed by atoms with van der Waals surface area (Å²) in [5.74, 6) is 0.111. The molecule has 1 heterocycles. The first kappa shape index (κ1) is 63.8. The molecule has 0 unspecified atom stereocenters. The maximum atomic E-state index is 14.2. The van der Waals surface area contributed by atoms with Crippen molar-refractivity contribution in [3.05, 3.63) is 184 Å². The van der Waals surface area contributed by atoms with Crippen molar-refractivity contribution in [2.45, 2.75) is 95.0 Å². The lowest BCUT2D eigenvalue weighted by Gasteiger charge is -2.46. The second-order valence-electron chi connectivity index (χ2n) is 17.9. The van der Waals surface area contributed by atoms with E-state index in [1.807, 2.05) is 41.1 Å². The number of aromatic nitrogens is 2. The Morgan fingerprint density at radius 3 is 1.05 bits per heavy atom. The molecule has 1 aromatic heterocycles. The Morgan fingerprint density at radius 1 is 0.450 bits per heavy atom. The molecule has 0 atom stereocenters. The Morgan fingerprint density at radius 2 is 0.762 bits per heavy atom. The fourth-order valence-electron chi connectivity index (χ4n) is 8.52. The largest absolute Gasteiger partial charge is 0.416 e. The van der Waals surface area contributed by atoms with E-state index in [0.29, 0.717) is 6.54 Å². The molecule has 6 rings (SSSR count). The molecule has 0 amide bonds. The molecule has 3 nitrogen and oxygen atoms in total. The summed E-state index contributed by atoms with van der Waals surface area (Å²) in [4.78, 5) is 16.5. The lowest BCUT2D eigenvalue weighted by Crippen LogP contribution is -2.75. The summed E-state index contributed by atoms with van der Waals surface area (Å²) in [6.45, 7) is 2.56. The average Bonchev–Trinajstić information content (AvgIpc) is 3.35. The van der Waals surface area contributed by atoms with E-state index in [9.17, 15) is 110 Å². The van der Waals surface area contributed by atoms with Crippen LogP contribution in [0.5, 0.6) is 0 Å². The summed E-state index contributed by atoms with van der Waals surface area (Å²) in [7, 11) is 0. The van der Waals surface area contributed by atoms with Crippen molar-refractivity contribution in [1.29, 1.82) is 0 Å². The zero-order valence-corrected chi connectivity index (χ0v) is 40.4. The predicted molar refractivity (Wildman–Crippen MR) is 243 cm³/mol. The van der Waals surface area contributed by atoms with Gasteiger partial charge in [0.15, 0.2) is 6.20 Å². The van der Waals surface area contributed by atoms with Gasteiger partial charge in [-0.25, -0.2) is 0 Å². The van der Waals surface area contributed by atoms with Gasteiger partial charge < -0.3 is 0 Å². The molecule has 0 saturated heterocycles. The third-order valence-corrected chi connectivity index (χ3v) is 12.2. The number of carbonyl (C=O) groups excluding carboxylic acids is 1. The Balaban J connectivity index is 0.000000424. The summed E-state index contributed by atoms with van der Waals surface area (Å²) >= 11 is 0. The zero-order valence-electron chi connectivity index (χ0n) is 40.4. The van der Waals surface area contributed by atoms with Gasteiger partial charge >= 0.3 is 49.4 Å². The number of ketones is 1. The highest BCUT2D eigenvalue weighted by atomic mass is 19.4. The fraction of sp³-hybridized carbons (Fsp3) is 0.288. The Labute approximate surface area is 437 Å². The molecular formula is C52H37BF24N2O. The number of halogens is 24. The molecular weight excluding hydrogens is 1140 g/mol. The van der Waals surface area contributed by atoms with Crippen LogP contribution in [-0.4, -0.2) is 16.9 Å². The van der Waals surface area contributed by atoms with Crippen LogP contribution in [0, 0.1) is 0 Å². The highest BCUT2D eigenvalue weighted by Crippen LogP contribution is 2.41. The molecule has 0 aliphatic carbocycles. The number of nitrogens with zero attached hydrogens (tertiary/aromatic N) is 2. The third-order valence-electron chi connectivity index (χ3n) is 12.2. The molecule has 0 fully saturated rings. The van der Waals surface area contributed by atoms with E-state index in [0.717, 1.165) is 17.7 Å². The first-order valence-corrected chi connectivity index (χ1v) is 23.0. The number of hydrogen-bond donors (Lipinski definition) is 0. The maximum absolute atomic E-state index is 14.2. The van der Waals surface area contributed by atoms with E-state index >= 15 is 0 Å². The quantitative estimate of drug-likeness (QED) is 0.0380. The molecule has 80 heavy (non-hydrogen) atoms. The first-order valence-electron chi connectivity index (χ1n) is 23.0. The maximum Gasteiger partial charge on any atom is 0.416 e. The van der Waals surface area contributed by atoms with Gasteiger partial charge in [-0.05, 0) is 37.1 Å². The van der Waals surface area contributed by atoms with Crippen LogP contribution in [0.3, 0.4) is 0 Å². The van der Waals surface area contributed by atoms with Crippen molar-refractivity contribution in [3.8, 4) is 0 Å². The number of rotatable bonds is 13. The summed E-state index contributed by atoms with van der Waals surface area (Å²) in [5, 5.41) is 0. The van der Waals surface area contributed by atoms with Crippen molar-refractivity contribution < 1.29 is 115 Å². The molecule has 0 aliphatic heterocycles. The average molecular weight is 1170 g/mol. The molecule has 0 spiro atoms. The van der Waals surface area contributed by atoms with E-state index in [-0.39, 0.29) is 5.78 Å². The van der Waals surface area contributed by atoms with Crippen LogP contribution >= 0.6 is 0 Å². The van der Waals surface area contributed by atoms with Crippen LogP contribution in [0.15, 0.2) is 128 Å². The third kappa shape index (κ3) is 15.9. The monoisotopic (exact) mass is 1170 g/mol. The minimum atomic E-state index is -6.13. The van der Waals surface area contributed by atoms with Gasteiger partial charge in [-0.1, -0.05) is 111 Å². The molecule has 0 bridgehead atoms. The fourth-order valence-corrected chi connectivity index (χ4v) is 8.52. The van der Waals surface area contributed by atoms with Crippen LogP contribution in [0.1, 0.15) is 99.6 Å². The van der Waals surface area contributed by atoms with Gasteiger partial charge in [0.1, 0.15) is 6.15 Å². The van der Waals surface area contributed by atoms with E-state index in [1.54, 1.807) is 12.4 Å². The van der Waals surface area contributed by atoms with Gasteiger partial charge in [0.2, 0.25) is 18.0 Å². The smallest absolute Gasteiger partial charge is 0.287 e. The molecule has 0 N–H and O–H groups in total. The van der Waals surface area contributed by atoms with Crippen LogP contribution in [0.4, 0.5) is 105 Å². The standard InChI is InChI=1S/C32H12BF24.C20H25N2O/c34-25(35,36)13-1-14(26(37,38)39)6-21(5-13)33(22-7-15(27(40,41)42)2-16(8-22)28(43,44)45,23-9-17(29(46,47)48)3-18(10-23)30(49,50)51)24-11-19(31(52,53)54)4-20(12-24)32(55,56)57;1-2-3-4-5-6-10-13-19-16-21-14-15-22(19)17-20(23)18-11-8-7-9-12-18/h1-12H;7-16H,2-6,17H2,1H3/q-1;+1. The minimum Gasteiger partial charge on any atom is -0.287 e. The second kappa shape index (κ2) is 23.6. The zero-order chi connectivity index (χ0) is 60.2. The molecule has 0 aliphatic rings. The van der Waals surface area contributed by atoms with Crippen molar-refractivity contribution in [2.24, 2.45) is 0 Å². The van der Waals surface area contributed by atoms with Crippen LogP contribution < -0.4 is 26.4 Å². The molecule has 6 aromatic rings. The van der Waals surface area contributed by atoms with Crippen molar-refractivity contribution in [1.82, 2.24) is 4.98 Å². The van der Waals surface area contributed by atoms with Crippen LogP contribution in [0.2, 0.25) is 0 Å². The highest BCUT2D eigenvalue weighted by Gasteiger charge is 2.47. The number of alkyl halides is 24. The van der Waals surface area contributed by atoms with Gasteiger partial charge in [-0.2, -0.15) is 132 Å². The van der Waals surface area contributed by atoms with E-state index in [2.05, 4.69) is 24.1 Å². The number of hydrogen-bond acceptors (Lipinski definition) is 2. The van der Waals surface area contributed by atoms with Gasteiger partial charge in [0.05, 0.1) is 56.9 Å². The van der Waals surface area contributed by atoms with E-state index in [1.165, 1.54) is 25.7 Å². The SMILES string of the molecule is CCCCCCC=Cc1cncc[n+]1CC(=O)c1ccccc1.FC(F)(F)c1cc([B-](c2cc(C(F)(F)F)cc(C(F)(F)F)c2)(c2cc(C(F)(F)F)cc(C(F)(F)F)c2)c2cc(C(F)(F)F)cc(C(F)(F)F)c2)cc(C(F)(F)F)c1. The van der Waals surface area contributed by atoms with Crippen LogP contribution in [-0.2, 0) is 56.0 Å². The lowest BCUT2D eigenvalue weighted by molar-refractivity contribution is -0.685. The van der Waals surface area contributed by atoms with Gasteiger partial charge in [-0.15, -0.1) is 0 Å². The molecule has 432 valence electrons. The summed E-state index contributed by atoms with van der Waals surface area (Å²) in [6, 6.07) is 0.599. The number of Topliss-reactive ketones (excluding diaryl/α,β-unsaturated/α-hetero) is 1. The van der Waals surface area contributed by atoms with Gasteiger partial charge in [0, 0.05) is 11.6 Å². The molecule has 0 radical (unpaired) electrons. The summed E-state index contributed by atoms with van der Waals surface area (Å²) in [6.07, 6.45) is -39.1. The van der Waals surface area contributed by atoms with Crippen molar-refractivity contribution >= 4 is 39.9 Å². The number of carbonyl (C=O) groups is 1. The Bertz CT molecular complexity index is 2710. The van der Waals surface area contributed by atoms with Crippen molar-refractivity contribution in [2.75, 3.05) is 0 Å². The topological polar surface area (TPSA) is 33.8 Å². The van der Waals surface area contributed by atoms with Gasteiger partial charge in [0.25, 0.3) is 0 Å². The normalized spacial score (nSPS) is 13.4.